The third kappa shape index (κ3) is 6.34. The van der Waals surface area contributed by atoms with Gasteiger partial charge in [-0.15, -0.1) is 23.5 Å². The van der Waals surface area contributed by atoms with Gasteiger partial charge in [-0.25, -0.2) is 0 Å². The fourth-order valence-corrected chi connectivity index (χ4v) is 7.39. The van der Waals surface area contributed by atoms with E-state index in [1.54, 1.807) is 18.9 Å². The van der Waals surface area contributed by atoms with Crippen molar-refractivity contribution >= 4 is 23.5 Å². The Morgan fingerprint density at radius 1 is 0.641 bits per heavy atom. The second kappa shape index (κ2) is 12.1. The van der Waals surface area contributed by atoms with Gasteiger partial charge in [0.05, 0.1) is 7.11 Å². The highest BCUT2D eigenvalue weighted by molar-refractivity contribution is 8.03. The number of ether oxygens (including phenoxy) is 1. The topological polar surface area (TPSA) is 29.5 Å². The highest BCUT2D eigenvalue weighted by atomic mass is 32.2. The fourth-order valence-electron chi connectivity index (χ4n) is 5.18. The standard InChI is InChI=1S/C35H40O2S2/c1-24-20-28(34(3,4)26-14-10-8-11-15-26)32(36)30(22-24)38-18-19-39-31-23-25(2)21-29(33(31)37-7)35(5,6)27-16-12-9-13-17-27/h8-17,20-23,36H,18-19H2,1-7H3. The van der Waals surface area contributed by atoms with Gasteiger partial charge in [0.1, 0.15) is 11.5 Å². The van der Waals surface area contributed by atoms with E-state index in [-0.39, 0.29) is 10.8 Å². The van der Waals surface area contributed by atoms with E-state index in [1.807, 2.05) is 17.8 Å². The first kappa shape index (κ1) is 29.2. The summed E-state index contributed by atoms with van der Waals surface area (Å²) in [6.45, 7) is 13.2. The average Bonchev–Trinajstić information content (AvgIpc) is 2.93. The number of benzene rings is 4. The summed E-state index contributed by atoms with van der Waals surface area (Å²) in [4.78, 5) is 2.10. The summed E-state index contributed by atoms with van der Waals surface area (Å²) < 4.78 is 6.02. The van der Waals surface area contributed by atoms with Gasteiger partial charge < -0.3 is 9.84 Å². The van der Waals surface area contributed by atoms with Crippen LogP contribution in [0.15, 0.2) is 94.7 Å². The van der Waals surface area contributed by atoms with Gasteiger partial charge in [-0.05, 0) is 48.2 Å². The fraction of sp³-hybridized carbons (Fsp3) is 0.314. The molecule has 0 spiro atoms. The summed E-state index contributed by atoms with van der Waals surface area (Å²) in [6, 6.07) is 29.7. The zero-order valence-corrected chi connectivity index (χ0v) is 25.8. The van der Waals surface area contributed by atoms with Crippen molar-refractivity contribution in [1.82, 2.24) is 0 Å². The van der Waals surface area contributed by atoms with Crippen molar-refractivity contribution in [2.75, 3.05) is 18.6 Å². The lowest BCUT2D eigenvalue weighted by Crippen LogP contribution is -2.20. The molecule has 0 saturated carbocycles. The van der Waals surface area contributed by atoms with Crippen LogP contribution in [0.4, 0.5) is 0 Å². The van der Waals surface area contributed by atoms with Gasteiger partial charge in [-0.2, -0.15) is 0 Å². The molecule has 0 aliphatic heterocycles. The van der Waals surface area contributed by atoms with Crippen LogP contribution in [-0.4, -0.2) is 23.7 Å². The molecule has 0 heterocycles. The van der Waals surface area contributed by atoms with Crippen LogP contribution in [0.5, 0.6) is 11.5 Å². The second-order valence-electron chi connectivity index (χ2n) is 11.2. The maximum Gasteiger partial charge on any atom is 0.136 e. The first-order valence-corrected chi connectivity index (χ1v) is 15.4. The van der Waals surface area contributed by atoms with Gasteiger partial charge in [0.25, 0.3) is 0 Å². The van der Waals surface area contributed by atoms with Crippen molar-refractivity contribution in [3.05, 3.63) is 118 Å². The van der Waals surface area contributed by atoms with Crippen LogP contribution in [0.3, 0.4) is 0 Å². The predicted molar refractivity (Wildman–Crippen MR) is 169 cm³/mol. The van der Waals surface area contributed by atoms with Crippen molar-refractivity contribution in [2.45, 2.75) is 62.2 Å². The predicted octanol–water partition coefficient (Wildman–Crippen LogP) is 9.55. The molecule has 4 aromatic carbocycles. The van der Waals surface area contributed by atoms with E-state index >= 15 is 0 Å². The first-order chi connectivity index (χ1) is 18.6. The Morgan fingerprint density at radius 3 is 1.59 bits per heavy atom. The van der Waals surface area contributed by atoms with E-state index in [0.29, 0.717) is 5.75 Å². The minimum atomic E-state index is -0.293. The molecule has 0 unspecified atom stereocenters. The molecule has 39 heavy (non-hydrogen) atoms. The van der Waals surface area contributed by atoms with Crippen LogP contribution in [0.1, 0.15) is 61.1 Å². The lowest BCUT2D eigenvalue weighted by atomic mass is 9.77. The van der Waals surface area contributed by atoms with Gasteiger partial charge in [0.2, 0.25) is 0 Å². The van der Waals surface area contributed by atoms with Crippen molar-refractivity contribution in [1.29, 1.82) is 0 Å². The molecule has 0 fully saturated rings. The molecule has 0 aliphatic carbocycles. The maximum atomic E-state index is 11.3. The van der Waals surface area contributed by atoms with E-state index in [1.165, 1.54) is 22.3 Å². The van der Waals surface area contributed by atoms with Gasteiger partial charge >= 0.3 is 0 Å². The van der Waals surface area contributed by atoms with Crippen LogP contribution < -0.4 is 4.74 Å². The number of rotatable bonds is 10. The van der Waals surface area contributed by atoms with Crippen molar-refractivity contribution in [2.24, 2.45) is 0 Å². The maximum absolute atomic E-state index is 11.3. The van der Waals surface area contributed by atoms with E-state index in [4.69, 9.17) is 4.74 Å². The molecule has 0 amide bonds. The number of phenols is 1. The third-order valence-electron chi connectivity index (χ3n) is 7.56. The summed E-state index contributed by atoms with van der Waals surface area (Å²) in [5.74, 6) is 3.13. The Balaban J connectivity index is 1.53. The Kier molecular flexibility index (Phi) is 9.08. The monoisotopic (exact) mass is 556 g/mol. The van der Waals surface area contributed by atoms with Crippen LogP contribution in [0.2, 0.25) is 0 Å². The second-order valence-corrected chi connectivity index (χ2v) is 13.5. The Morgan fingerprint density at radius 2 is 1.08 bits per heavy atom. The van der Waals surface area contributed by atoms with Crippen LogP contribution >= 0.6 is 23.5 Å². The summed E-state index contributed by atoms with van der Waals surface area (Å²) in [6.07, 6.45) is 0. The zero-order valence-electron chi connectivity index (χ0n) is 24.2. The zero-order chi connectivity index (χ0) is 28.2. The Bertz CT molecular complexity index is 1410. The smallest absolute Gasteiger partial charge is 0.136 e. The van der Waals surface area contributed by atoms with Crippen molar-refractivity contribution < 1.29 is 9.84 Å². The highest BCUT2D eigenvalue weighted by Crippen LogP contribution is 2.45. The molecular formula is C35H40O2S2. The SMILES string of the molecule is COc1c(SCCSc2cc(C)cc(C(C)(C)c3ccccc3)c2O)cc(C)cc1C(C)(C)c1ccccc1. The highest BCUT2D eigenvalue weighted by Gasteiger charge is 2.29. The van der Waals surface area contributed by atoms with E-state index in [0.717, 1.165) is 38.2 Å². The lowest BCUT2D eigenvalue weighted by Gasteiger charge is -2.29. The molecule has 4 aromatic rings. The Labute approximate surface area is 243 Å². The molecule has 0 saturated heterocycles. The number of thioether (sulfide) groups is 2. The average molecular weight is 557 g/mol. The van der Waals surface area contributed by atoms with Crippen molar-refractivity contribution in [3.63, 3.8) is 0 Å². The van der Waals surface area contributed by atoms with Gasteiger partial charge in [0, 0.05) is 43.3 Å². The van der Waals surface area contributed by atoms with E-state index < -0.39 is 0 Å². The molecule has 4 rings (SSSR count). The van der Waals surface area contributed by atoms with Gasteiger partial charge in [-0.3, -0.25) is 0 Å². The number of hydrogen-bond acceptors (Lipinski definition) is 4. The van der Waals surface area contributed by atoms with E-state index in [9.17, 15) is 5.11 Å². The summed E-state index contributed by atoms with van der Waals surface area (Å²) >= 11 is 3.54. The molecule has 4 heteroatoms. The minimum Gasteiger partial charge on any atom is -0.506 e. The molecule has 0 aromatic heterocycles. The Hall–Kier alpha value is -2.82. The molecule has 204 valence electrons. The van der Waals surface area contributed by atoms with Gasteiger partial charge in [0.15, 0.2) is 0 Å². The largest absolute Gasteiger partial charge is 0.506 e. The normalized spacial score (nSPS) is 12.0. The van der Waals surface area contributed by atoms with Crippen LogP contribution in [-0.2, 0) is 10.8 Å². The molecule has 0 atom stereocenters. The lowest BCUT2D eigenvalue weighted by molar-refractivity contribution is 0.390. The first-order valence-electron chi connectivity index (χ1n) is 13.5. The molecular weight excluding hydrogens is 517 g/mol. The molecule has 2 nitrogen and oxygen atoms in total. The third-order valence-corrected chi connectivity index (χ3v) is 9.87. The minimum absolute atomic E-state index is 0.183. The number of aryl methyl sites for hydroxylation is 2. The molecule has 0 radical (unpaired) electrons. The number of hydrogen-bond donors (Lipinski definition) is 1. The molecule has 0 bridgehead atoms. The number of phenolic OH excluding ortho intramolecular Hbond substituents is 1. The van der Waals surface area contributed by atoms with Crippen LogP contribution in [0.25, 0.3) is 0 Å². The quantitative estimate of drug-likeness (QED) is 0.156. The van der Waals surface area contributed by atoms with Gasteiger partial charge in [-0.1, -0.05) is 100 Å². The molecule has 0 aliphatic rings. The summed E-state index contributed by atoms with van der Waals surface area (Å²) in [5.41, 5.74) is 6.55. The summed E-state index contributed by atoms with van der Waals surface area (Å²) in [7, 11) is 1.77. The number of methoxy groups -OCH3 is 1. The molecule has 1 N–H and O–H groups in total. The number of aromatic hydroxyl groups is 1. The van der Waals surface area contributed by atoms with Crippen LogP contribution in [0, 0.1) is 13.8 Å². The van der Waals surface area contributed by atoms with E-state index in [2.05, 4.69) is 120 Å². The van der Waals surface area contributed by atoms with Crippen molar-refractivity contribution in [3.8, 4) is 11.5 Å². The summed E-state index contributed by atoms with van der Waals surface area (Å²) in [5, 5.41) is 11.3.